The summed E-state index contributed by atoms with van der Waals surface area (Å²) >= 11 is 1.49. The molecule has 0 spiro atoms. The van der Waals surface area contributed by atoms with Crippen LogP contribution < -0.4 is 9.54 Å². The van der Waals surface area contributed by atoms with Crippen molar-refractivity contribution in [3.05, 3.63) is 52.8 Å². The molecule has 0 fully saturated rings. The zero-order chi connectivity index (χ0) is 21.7. The number of thiazole rings is 1. The fourth-order valence-corrected chi connectivity index (χ4v) is 5.81. The van der Waals surface area contributed by atoms with Crippen molar-refractivity contribution in [3.63, 3.8) is 0 Å². The number of sulfone groups is 1. The van der Waals surface area contributed by atoms with Crippen LogP contribution in [0.2, 0.25) is 0 Å². The molecule has 1 heterocycles. The lowest BCUT2D eigenvalue weighted by Gasteiger charge is -2.05. The Hall–Kier alpha value is -2.45. The third-order valence-corrected chi connectivity index (χ3v) is 7.78. The Bertz CT molecular complexity index is 1210. The first kappa shape index (κ1) is 22.2. The molecular formula is C22H26N2O4S2. The average Bonchev–Trinajstić information content (AvgIpc) is 3.10. The van der Waals surface area contributed by atoms with Crippen LogP contribution in [0.5, 0.6) is 5.75 Å². The van der Waals surface area contributed by atoms with Gasteiger partial charge in [-0.3, -0.25) is 4.79 Å². The number of para-hydroxylation sites is 1. The third-order valence-electron chi connectivity index (χ3n) is 4.92. The van der Waals surface area contributed by atoms with Crippen molar-refractivity contribution in [2.45, 2.75) is 44.6 Å². The molecule has 3 aromatic rings. The van der Waals surface area contributed by atoms with E-state index in [0.29, 0.717) is 10.6 Å². The second-order valence-electron chi connectivity index (χ2n) is 6.85. The van der Waals surface area contributed by atoms with Gasteiger partial charge in [-0.15, -0.1) is 0 Å². The number of hydrogen-bond acceptors (Lipinski definition) is 5. The number of hydrogen-bond donors (Lipinski definition) is 0. The van der Waals surface area contributed by atoms with Gasteiger partial charge in [0.2, 0.25) is 5.91 Å². The van der Waals surface area contributed by atoms with Crippen LogP contribution in [0.15, 0.2) is 52.4 Å². The van der Waals surface area contributed by atoms with E-state index < -0.39 is 9.84 Å². The normalized spacial score (nSPS) is 12.4. The maximum atomic E-state index is 12.5. The lowest BCUT2D eigenvalue weighted by atomic mass is 10.1. The van der Waals surface area contributed by atoms with Crippen molar-refractivity contribution < 1.29 is 17.9 Å². The Morgan fingerprint density at radius 1 is 1.13 bits per heavy atom. The monoisotopic (exact) mass is 446 g/mol. The average molecular weight is 447 g/mol. The number of aromatic nitrogens is 1. The Kier molecular flexibility index (Phi) is 7.10. The summed E-state index contributed by atoms with van der Waals surface area (Å²) in [5.74, 6) is 0.203. The van der Waals surface area contributed by atoms with E-state index in [1.807, 2.05) is 19.1 Å². The third kappa shape index (κ3) is 4.82. The van der Waals surface area contributed by atoms with Crippen molar-refractivity contribution >= 4 is 37.3 Å². The predicted octanol–water partition coefficient (Wildman–Crippen LogP) is 3.98. The lowest BCUT2D eigenvalue weighted by Crippen LogP contribution is -2.17. The zero-order valence-electron chi connectivity index (χ0n) is 17.4. The number of methoxy groups -OCH3 is 1. The number of rotatable bonds is 8. The highest BCUT2D eigenvalue weighted by Gasteiger charge is 2.15. The van der Waals surface area contributed by atoms with Crippen LogP contribution in [0.25, 0.3) is 10.2 Å². The Morgan fingerprint density at radius 2 is 1.87 bits per heavy atom. The van der Waals surface area contributed by atoms with E-state index in [1.165, 1.54) is 36.1 Å². The fraction of sp³-hybridized carbons (Fsp3) is 0.364. The summed E-state index contributed by atoms with van der Waals surface area (Å²) in [4.78, 5) is 17.6. The Balaban J connectivity index is 1.73. The fourth-order valence-electron chi connectivity index (χ4n) is 3.34. The minimum absolute atomic E-state index is 0.0912. The van der Waals surface area contributed by atoms with Crippen molar-refractivity contribution in [1.29, 1.82) is 0 Å². The maximum Gasteiger partial charge on any atom is 0.248 e. The summed E-state index contributed by atoms with van der Waals surface area (Å²) in [7, 11) is -1.92. The van der Waals surface area contributed by atoms with Gasteiger partial charge in [-0.1, -0.05) is 30.4 Å². The Labute approximate surface area is 180 Å². The topological polar surface area (TPSA) is 77.7 Å². The summed E-state index contributed by atoms with van der Waals surface area (Å²) in [6.07, 6.45) is 1.23. The molecular weight excluding hydrogens is 420 g/mol. The molecule has 0 radical (unpaired) electrons. The molecule has 1 aromatic heterocycles. The SMILES string of the molecule is CCc1cccc2sc(=NC(=O)CCCS(=O)(=O)c3ccc(OC)cc3)n(CC)c12. The molecule has 0 bridgehead atoms. The van der Waals surface area contributed by atoms with Crippen LogP contribution in [-0.4, -0.2) is 31.8 Å². The van der Waals surface area contributed by atoms with Crippen LogP contribution >= 0.6 is 11.3 Å². The molecule has 0 N–H and O–H groups in total. The summed E-state index contributed by atoms with van der Waals surface area (Å²) < 4.78 is 33.2. The van der Waals surface area contributed by atoms with E-state index in [2.05, 4.69) is 22.5 Å². The van der Waals surface area contributed by atoms with Crippen molar-refractivity contribution in [2.24, 2.45) is 4.99 Å². The number of aryl methyl sites for hydroxylation is 2. The van der Waals surface area contributed by atoms with Crippen LogP contribution in [0.1, 0.15) is 32.3 Å². The standard InChI is InChI=1S/C22H26N2O4S2/c1-4-16-8-6-9-19-21(16)24(5-2)22(29-19)23-20(25)10-7-15-30(26,27)18-13-11-17(28-3)12-14-18/h6,8-9,11-14H,4-5,7,10,15H2,1-3H3. The van der Waals surface area contributed by atoms with Crippen LogP contribution in [-0.2, 0) is 27.6 Å². The molecule has 30 heavy (non-hydrogen) atoms. The van der Waals surface area contributed by atoms with Gasteiger partial charge in [-0.05, 0) is 55.7 Å². The number of fused-ring (bicyclic) bond motifs is 1. The summed E-state index contributed by atoms with van der Waals surface area (Å²) in [6, 6.07) is 12.4. The molecule has 6 nitrogen and oxygen atoms in total. The van der Waals surface area contributed by atoms with Gasteiger partial charge in [0, 0.05) is 13.0 Å². The van der Waals surface area contributed by atoms with Crippen molar-refractivity contribution in [2.75, 3.05) is 12.9 Å². The van der Waals surface area contributed by atoms with Crippen LogP contribution in [0.4, 0.5) is 0 Å². The molecule has 2 aromatic carbocycles. The van der Waals surface area contributed by atoms with Gasteiger partial charge in [-0.25, -0.2) is 8.42 Å². The molecule has 0 saturated carbocycles. The molecule has 0 saturated heterocycles. The summed E-state index contributed by atoms with van der Waals surface area (Å²) in [5.41, 5.74) is 2.35. The number of carbonyl (C=O) groups is 1. The first-order valence-corrected chi connectivity index (χ1v) is 12.4. The second-order valence-corrected chi connectivity index (χ2v) is 9.97. The molecule has 8 heteroatoms. The van der Waals surface area contributed by atoms with E-state index in [1.54, 1.807) is 12.1 Å². The highest BCUT2D eigenvalue weighted by molar-refractivity contribution is 7.91. The molecule has 3 rings (SSSR count). The van der Waals surface area contributed by atoms with Gasteiger partial charge in [0.15, 0.2) is 14.6 Å². The molecule has 0 atom stereocenters. The van der Waals surface area contributed by atoms with E-state index in [9.17, 15) is 13.2 Å². The minimum Gasteiger partial charge on any atom is -0.497 e. The molecule has 0 aliphatic rings. The van der Waals surface area contributed by atoms with Gasteiger partial charge in [0.1, 0.15) is 5.75 Å². The largest absolute Gasteiger partial charge is 0.497 e. The van der Waals surface area contributed by atoms with Crippen molar-refractivity contribution in [3.8, 4) is 5.75 Å². The quantitative estimate of drug-likeness (QED) is 0.524. The first-order chi connectivity index (χ1) is 14.4. The van der Waals surface area contributed by atoms with Gasteiger partial charge in [-0.2, -0.15) is 4.99 Å². The second kappa shape index (κ2) is 9.57. The lowest BCUT2D eigenvalue weighted by molar-refractivity contribution is -0.118. The number of nitrogens with zero attached hydrogens (tertiary/aromatic N) is 2. The number of ether oxygens (including phenoxy) is 1. The summed E-state index contributed by atoms with van der Waals surface area (Å²) in [6.45, 7) is 4.86. The van der Waals surface area contributed by atoms with Crippen molar-refractivity contribution in [1.82, 2.24) is 4.57 Å². The molecule has 0 aliphatic heterocycles. The van der Waals surface area contributed by atoms with Crippen LogP contribution in [0, 0.1) is 0 Å². The maximum absolute atomic E-state index is 12.5. The smallest absolute Gasteiger partial charge is 0.248 e. The first-order valence-electron chi connectivity index (χ1n) is 9.95. The number of benzene rings is 2. The molecule has 160 valence electrons. The van der Waals surface area contributed by atoms with Crippen LogP contribution in [0.3, 0.4) is 0 Å². The number of carbonyl (C=O) groups excluding carboxylic acids is 1. The molecule has 0 unspecified atom stereocenters. The highest BCUT2D eigenvalue weighted by atomic mass is 32.2. The minimum atomic E-state index is -3.45. The highest BCUT2D eigenvalue weighted by Crippen LogP contribution is 2.22. The van der Waals surface area contributed by atoms with E-state index >= 15 is 0 Å². The van der Waals surface area contributed by atoms with Gasteiger partial charge in [0.25, 0.3) is 0 Å². The Morgan fingerprint density at radius 3 is 2.50 bits per heavy atom. The zero-order valence-corrected chi connectivity index (χ0v) is 19.1. The molecule has 0 aliphatic carbocycles. The van der Waals surface area contributed by atoms with Gasteiger partial charge >= 0.3 is 0 Å². The van der Waals surface area contributed by atoms with E-state index in [-0.39, 0.29) is 29.4 Å². The van der Waals surface area contributed by atoms with E-state index in [4.69, 9.17) is 4.74 Å². The summed E-state index contributed by atoms with van der Waals surface area (Å²) in [5, 5.41) is 0. The van der Waals surface area contributed by atoms with Gasteiger partial charge < -0.3 is 9.30 Å². The number of amides is 1. The molecule has 1 amide bonds. The van der Waals surface area contributed by atoms with E-state index in [0.717, 1.165) is 23.2 Å². The van der Waals surface area contributed by atoms with Gasteiger partial charge in [0.05, 0.1) is 28.0 Å². The predicted molar refractivity (Wildman–Crippen MR) is 120 cm³/mol.